The molecule has 4 heterocycles. The molecule has 0 aromatic carbocycles. The van der Waals surface area contributed by atoms with Crippen LogP contribution in [-0.4, -0.2) is 46.1 Å². The minimum Gasteiger partial charge on any atom is -0.742 e. The first-order valence-corrected chi connectivity index (χ1v) is 10.7. The van der Waals surface area contributed by atoms with Gasteiger partial charge in [0.2, 0.25) is 16.0 Å². The molecule has 4 aromatic rings. The van der Waals surface area contributed by atoms with Crippen LogP contribution in [0.25, 0.3) is 34.0 Å². The Kier molecular flexibility index (Phi) is 8.55. The summed E-state index contributed by atoms with van der Waals surface area (Å²) in [6.45, 7) is 0. The van der Waals surface area contributed by atoms with E-state index in [1.807, 2.05) is 0 Å². The van der Waals surface area contributed by atoms with Crippen molar-refractivity contribution in [1.82, 2.24) is 20.2 Å². The second kappa shape index (κ2) is 10.2. The van der Waals surface area contributed by atoms with E-state index in [0.717, 1.165) is 24.7 Å². The van der Waals surface area contributed by atoms with Crippen LogP contribution in [0.3, 0.4) is 0 Å². The van der Waals surface area contributed by atoms with E-state index in [0.29, 0.717) is 0 Å². The molecule has 0 saturated heterocycles. The fraction of sp³-hybridized carbons (Fsp3) is 0. The number of furan rings is 2. The molecule has 0 spiro atoms. The van der Waals surface area contributed by atoms with Crippen molar-refractivity contribution in [3.05, 3.63) is 49.1 Å². The van der Waals surface area contributed by atoms with Gasteiger partial charge in [0.1, 0.15) is 17.1 Å². The Morgan fingerprint density at radius 1 is 0.750 bits per heavy atom. The van der Waals surface area contributed by atoms with Crippen LogP contribution in [0.2, 0.25) is 0 Å². The van der Waals surface area contributed by atoms with Gasteiger partial charge in [-0.05, 0) is 24.3 Å². The molecule has 0 N–H and O–H groups in total. The van der Waals surface area contributed by atoms with Gasteiger partial charge in [0.25, 0.3) is 0 Å². The molecule has 4 aromatic heterocycles. The Bertz CT molecular complexity index is 1450. The van der Waals surface area contributed by atoms with Crippen molar-refractivity contribution in [2.24, 2.45) is 0 Å². The second-order valence-electron chi connectivity index (χ2n) is 5.70. The maximum Gasteiger partial charge on any atom is 1.00 e. The van der Waals surface area contributed by atoms with Crippen molar-refractivity contribution in [3.63, 3.8) is 0 Å². The van der Waals surface area contributed by atoms with E-state index in [9.17, 15) is 25.9 Å². The zero-order valence-corrected chi connectivity index (χ0v) is 22.1. The topological polar surface area (TPSA) is 192 Å². The number of hydrogen-bond donors (Lipinski definition) is 0. The molecule has 0 bridgehead atoms. The smallest absolute Gasteiger partial charge is 0.742 e. The van der Waals surface area contributed by atoms with Crippen LogP contribution in [0.4, 0.5) is 0 Å². The van der Waals surface area contributed by atoms with E-state index >= 15 is 0 Å². The summed E-state index contributed by atoms with van der Waals surface area (Å²) in [6.07, 6.45) is 3.32. The number of pyridine rings is 1. The monoisotopic (exact) mass is 494 g/mol. The van der Waals surface area contributed by atoms with Gasteiger partial charge < -0.3 is 17.9 Å². The summed E-state index contributed by atoms with van der Waals surface area (Å²) in [4.78, 5) is 8.26. The summed E-state index contributed by atoms with van der Waals surface area (Å²) in [6, 6.07) is 7.08. The fourth-order valence-electron chi connectivity index (χ4n) is 2.63. The van der Waals surface area contributed by atoms with Crippen molar-refractivity contribution < 1.29 is 93.9 Å². The molecule has 0 aliphatic rings. The molecule has 16 heteroatoms. The summed E-state index contributed by atoms with van der Waals surface area (Å²) >= 11 is 0. The first-order valence-electron chi connectivity index (χ1n) is 7.90. The summed E-state index contributed by atoms with van der Waals surface area (Å²) < 4.78 is 78.8. The van der Waals surface area contributed by atoms with Gasteiger partial charge in [-0.3, -0.25) is 4.98 Å². The van der Waals surface area contributed by atoms with Crippen molar-refractivity contribution in [3.8, 4) is 34.0 Å². The average Bonchev–Trinajstić information content (AvgIpc) is 3.37. The minimum absolute atomic E-state index is 0. The molecule has 0 amide bonds. The Labute approximate surface area is 225 Å². The molecule has 0 radical (unpaired) electrons. The van der Waals surface area contributed by atoms with Gasteiger partial charge in [-0.15, -0.1) is 10.2 Å². The summed E-state index contributed by atoms with van der Waals surface area (Å²) in [5.74, 6) is -0.0557. The third kappa shape index (κ3) is 5.36. The molecule has 12 nitrogen and oxygen atoms in total. The summed E-state index contributed by atoms with van der Waals surface area (Å²) in [5.41, 5.74) is -0.952. The fourth-order valence-corrected chi connectivity index (χ4v) is 3.84. The molecule has 32 heavy (non-hydrogen) atoms. The van der Waals surface area contributed by atoms with Gasteiger partial charge in [-0.2, -0.15) is 0 Å². The van der Waals surface area contributed by atoms with Gasteiger partial charge in [-0.1, -0.05) is 6.07 Å². The summed E-state index contributed by atoms with van der Waals surface area (Å²) in [7, 11) is -10.1. The van der Waals surface area contributed by atoms with Gasteiger partial charge in [0, 0.05) is 6.20 Å². The van der Waals surface area contributed by atoms with E-state index in [1.54, 1.807) is 18.2 Å². The maximum atomic E-state index is 11.6. The van der Waals surface area contributed by atoms with Crippen LogP contribution in [-0.2, 0) is 20.2 Å². The largest absolute Gasteiger partial charge is 1.00 e. The molecule has 4 rings (SSSR count). The van der Waals surface area contributed by atoms with E-state index in [1.165, 1.54) is 6.20 Å². The van der Waals surface area contributed by atoms with Crippen molar-refractivity contribution >= 4 is 20.2 Å². The number of aromatic nitrogens is 4. The first kappa shape index (κ1) is 26.8. The van der Waals surface area contributed by atoms with Crippen molar-refractivity contribution in [2.45, 2.75) is 10.2 Å². The third-order valence-electron chi connectivity index (χ3n) is 3.80. The molecule has 0 saturated carbocycles. The van der Waals surface area contributed by atoms with Gasteiger partial charge in [0.15, 0.2) is 20.2 Å². The van der Waals surface area contributed by atoms with Crippen molar-refractivity contribution in [2.75, 3.05) is 0 Å². The zero-order valence-electron chi connectivity index (χ0n) is 16.5. The quantitative estimate of drug-likeness (QED) is 0.190. The van der Waals surface area contributed by atoms with Crippen LogP contribution in [0.5, 0.6) is 0 Å². The predicted octanol–water partition coefficient (Wildman–Crippen LogP) is -4.73. The third-order valence-corrected chi connectivity index (χ3v) is 5.35. The Morgan fingerprint density at radius 3 is 1.81 bits per heavy atom. The molecule has 0 aliphatic heterocycles. The Hall–Kier alpha value is -1.46. The summed E-state index contributed by atoms with van der Waals surface area (Å²) in [5, 5.41) is 5.83. The number of rotatable bonds is 5. The van der Waals surface area contributed by atoms with E-state index in [2.05, 4.69) is 20.2 Å². The van der Waals surface area contributed by atoms with Crippen LogP contribution >= 0.6 is 0 Å². The molecule has 0 atom stereocenters. The van der Waals surface area contributed by atoms with Crippen LogP contribution in [0.15, 0.2) is 68.1 Å². The van der Waals surface area contributed by atoms with Gasteiger partial charge in [0.05, 0.1) is 23.7 Å². The number of nitrogens with zero attached hydrogens (tertiary/aromatic N) is 4. The van der Waals surface area contributed by atoms with E-state index in [-0.39, 0.29) is 93.1 Å². The van der Waals surface area contributed by atoms with Crippen LogP contribution in [0.1, 0.15) is 0 Å². The first-order chi connectivity index (χ1) is 14.2. The molecule has 0 unspecified atom stereocenters. The van der Waals surface area contributed by atoms with E-state index in [4.69, 9.17) is 8.83 Å². The number of hydrogen-bond acceptors (Lipinski definition) is 12. The van der Waals surface area contributed by atoms with Crippen LogP contribution < -0.4 is 59.1 Å². The molecular formula is C16H8N4Na2O8S2. The normalized spacial score (nSPS) is 11.4. The average molecular weight is 494 g/mol. The Balaban J connectivity index is 0.00000181. The molecular weight excluding hydrogens is 486 g/mol. The van der Waals surface area contributed by atoms with E-state index < -0.39 is 30.4 Å². The molecule has 154 valence electrons. The SMILES string of the molecule is O=S(=O)([O-])c1occc1-c1nnc(-c2ccccn2)nc1-c1ccoc1S(=O)(=O)[O-].[Na+].[Na+]. The standard InChI is InChI=1S/C16H10N4O8S2.2Na/c21-29(22,23)15-9(4-7-27-15)12-13(10-5-8-28-16(10)30(24,25)26)19-20-14(18-12)11-3-1-2-6-17-11;;/h1-8H,(H,21,22,23)(H,24,25,26);;/q;2*+1/p-2. The minimum atomic E-state index is -5.06. The van der Waals surface area contributed by atoms with Gasteiger partial charge >= 0.3 is 59.1 Å². The maximum absolute atomic E-state index is 11.6. The zero-order chi connectivity index (χ0) is 21.5. The molecule has 0 fully saturated rings. The predicted molar refractivity (Wildman–Crippen MR) is 94.4 cm³/mol. The second-order valence-corrected chi connectivity index (χ2v) is 8.26. The van der Waals surface area contributed by atoms with Crippen molar-refractivity contribution in [1.29, 1.82) is 0 Å². The molecule has 0 aliphatic carbocycles. The van der Waals surface area contributed by atoms with Gasteiger partial charge in [-0.25, -0.2) is 21.8 Å². The Morgan fingerprint density at radius 2 is 1.31 bits per heavy atom. The van der Waals surface area contributed by atoms with Crippen LogP contribution in [0, 0.1) is 0 Å².